The van der Waals surface area contributed by atoms with Crippen LogP contribution in [0.5, 0.6) is 5.75 Å². The Kier molecular flexibility index (Phi) is 7.08. The second-order valence-corrected chi connectivity index (χ2v) is 9.05. The maximum Gasteiger partial charge on any atom is 0.491 e. The third-order valence-electron chi connectivity index (χ3n) is 6.46. The number of rotatable bonds is 6. The molecule has 0 saturated carbocycles. The van der Waals surface area contributed by atoms with E-state index in [1.165, 1.54) is 0 Å². The molecule has 2 N–H and O–H groups in total. The Morgan fingerprint density at radius 2 is 1.89 bits per heavy atom. The van der Waals surface area contributed by atoms with Gasteiger partial charge in [0.2, 0.25) is 0 Å². The van der Waals surface area contributed by atoms with Gasteiger partial charge in [0, 0.05) is 10.6 Å². The maximum absolute atomic E-state index is 15.0. The number of ether oxygens (including phenoxy) is 2. The lowest BCUT2D eigenvalue weighted by Gasteiger charge is -2.35. The van der Waals surface area contributed by atoms with Crippen molar-refractivity contribution in [2.24, 2.45) is 5.92 Å². The zero-order valence-corrected chi connectivity index (χ0v) is 19.1. The number of aliphatic carboxylic acids is 1. The zero-order chi connectivity index (χ0) is 25.4. The molecule has 0 radical (unpaired) electrons. The van der Waals surface area contributed by atoms with Crippen LogP contribution < -0.4 is 10.1 Å². The Labute approximate surface area is 203 Å². The number of hydrogen-bond donors (Lipinski definition) is 2. The summed E-state index contributed by atoms with van der Waals surface area (Å²) in [5.74, 6) is -7.31. The van der Waals surface area contributed by atoms with E-state index in [4.69, 9.17) is 16.3 Å². The van der Waals surface area contributed by atoms with Crippen molar-refractivity contribution in [2.75, 3.05) is 13.1 Å². The van der Waals surface area contributed by atoms with Crippen LogP contribution in [0.2, 0.25) is 5.02 Å². The third-order valence-corrected chi connectivity index (χ3v) is 6.81. The first-order valence-corrected chi connectivity index (χ1v) is 11.4. The minimum atomic E-state index is -5.33. The smallest absolute Gasteiger partial charge is 0.481 e. The summed E-state index contributed by atoms with van der Waals surface area (Å²) in [6.45, 7) is 1.49. The summed E-state index contributed by atoms with van der Waals surface area (Å²) in [7, 11) is 0. The van der Waals surface area contributed by atoms with Crippen LogP contribution in [0.3, 0.4) is 0 Å². The Balaban J connectivity index is 1.59. The highest BCUT2D eigenvalue weighted by Crippen LogP contribution is 2.50. The van der Waals surface area contributed by atoms with Gasteiger partial charge in [0.15, 0.2) is 11.6 Å². The number of alkyl halides is 3. The first-order chi connectivity index (χ1) is 16.5. The van der Waals surface area contributed by atoms with E-state index in [2.05, 4.69) is 10.1 Å². The summed E-state index contributed by atoms with van der Waals surface area (Å²) in [6, 6.07) is 9.42. The Morgan fingerprint density at radius 3 is 2.54 bits per heavy atom. The lowest BCUT2D eigenvalue weighted by molar-refractivity contribution is -0.189. The first-order valence-electron chi connectivity index (χ1n) is 11.0. The molecule has 2 heterocycles. The number of fused-ring (bicyclic) bond motifs is 2. The molecule has 0 amide bonds. The molecule has 2 unspecified atom stereocenters. The van der Waals surface area contributed by atoms with Crippen LogP contribution in [0.4, 0.5) is 17.6 Å². The molecule has 35 heavy (non-hydrogen) atoms. The van der Waals surface area contributed by atoms with Crippen LogP contribution in [0.25, 0.3) is 0 Å². The van der Waals surface area contributed by atoms with Crippen molar-refractivity contribution in [1.82, 2.24) is 5.32 Å². The topological polar surface area (TPSA) is 84.9 Å². The van der Waals surface area contributed by atoms with E-state index < -0.39 is 53.7 Å². The maximum atomic E-state index is 15.0. The zero-order valence-electron chi connectivity index (χ0n) is 18.3. The number of carbonyl (C=O) groups excluding carboxylic acids is 1. The number of carbonyl (C=O) groups is 2. The van der Waals surface area contributed by atoms with Crippen LogP contribution in [-0.2, 0) is 26.3 Å². The minimum absolute atomic E-state index is 0.0101. The Hall–Kier alpha value is -2.69. The van der Waals surface area contributed by atoms with E-state index in [1.54, 1.807) is 0 Å². The van der Waals surface area contributed by atoms with E-state index in [9.17, 15) is 32.3 Å². The summed E-state index contributed by atoms with van der Waals surface area (Å²) < 4.78 is 63.2. The van der Waals surface area contributed by atoms with E-state index in [0.717, 1.165) is 36.3 Å². The molecule has 0 aliphatic carbocycles. The lowest BCUT2D eigenvalue weighted by Crippen LogP contribution is -2.39. The van der Waals surface area contributed by atoms with E-state index >= 15 is 0 Å². The monoisotopic (exact) mass is 515 g/mol. The van der Waals surface area contributed by atoms with Crippen molar-refractivity contribution < 1.29 is 41.7 Å². The van der Waals surface area contributed by atoms with E-state index in [1.807, 2.05) is 24.3 Å². The van der Waals surface area contributed by atoms with Gasteiger partial charge in [-0.2, -0.15) is 13.2 Å². The summed E-state index contributed by atoms with van der Waals surface area (Å²) in [6.07, 6.45) is -4.92. The van der Waals surface area contributed by atoms with Gasteiger partial charge < -0.3 is 19.9 Å². The number of hydrogen-bond acceptors (Lipinski definition) is 5. The third kappa shape index (κ3) is 5.14. The predicted molar refractivity (Wildman–Crippen MR) is 117 cm³/mol. The molecule has 1 fully saturated rings. The van der Waals surface area contributed by atoms with Crippen molar-refractivity contribution in [3.63, 3.8) is 0 Å². The van der Waals surface area contributed by atoms with Crippen molar-refractivity contribution in [2.45, 2.75) is 43.6 Å². The average molecular weight is 516 g/mol. The molecule has 2 aromatic carbocycles. The first kappa shape index (κ1) is 25.4. The quantitative estimate of drug-likeness (QED) is 0.322. The van der Waals surface area contributed by atoms with Gasteiger partial charge in [-0.1, -0.05) is 35.9 Å². The SMILES string of the molecule is O=C(O)C(Cc1c(Cl)ccc(OC(=O)C(F)(F)F)c1F)CC1OC2(CCNCC2)c2ccccc21. The second-order valence-electron chi connectivity index (χ2n) is 8.64. The molecule has 2 atom stereocenters. The molecular formula is C24H22ClF4NO5. The molecule has 2 aliphatic heterocycles. The number of nitrogens with one attached hydrogen (secondary N) is 1. The fraction of sp³-hybridized carbons (Fsp3) is 0.417. The van der Waals surface area contributed by atoms with Gasteiger partial charge in [-0.3, -0.25) is 4.79 Å². The highest BCUT2D eigenvalue weighted by Gasteiger charge is 2.46. The van der Waals surface area contributed by atoms with Crippen molar-refractivity contribution in [3.05, 3.63) is 63.9 Å². The van der Waals surface area contributed by atoms with Crippen LogP contribution in [0.15, 0.2) is 36.4 Å². The van der Waals surface area contributed by atoms with E-state index in [-0.39, 0.29) is 17.0 Å². The van der Waals surface area contributed by atoms with Crippen LogP contribution in [0.1, 0.15) is 42.1 Å². The van der Waals surface area contributed by atoms with Crippen LogP contribution in [0, 0.1) is 11.7 Å². The number of esters is 1. The van der Waals surface area contributed by atoms with Gasteiger partial charge in [-0.25, -0.2) is 9.18 Å². The molecule has 2 aliphatic rings. The van der Waals surface area contributed by atoms with Gasteiger partial charge in [-0.15, -0.1) is 0 Å². The largest absolute Gasteiger partial charge is 0.491 e. The number of piperidine rings is 1. The average Bonchev–Trinajstić information content (AvgIpc) is 3.10. The van der Waals surface area contributed by atoms with Crippen LogP contribution in [-0.4, -0.2) is 36.3 Å². The second kappa shape index (κ2) is 9.75. The molecule has 11 heteroatoms. The summed E-state index contributed by atoms with van der Waals surface area (Å²) in [4.78, 5) is 23.3. The summed E-state index contributed by atoms with van der Waals surface area (Å²) in [5.41, 5.74) is 0.972. The van der Waals surface area contributed by atoms with Crippen molar-refractivity contribution in [1.29, 1.82) is 0 Å². The number of halogens is 5. The number of carboxylic acid groups (broad SMARTS) is 1. The molecule has 4 rings (SSSR count). The molecular weight excluding hydrogens is 494 g/mol. The van der Waals surface area contributed by atoms with Gasteiger partial charge in [0.1, 0.15) is 0 Å². The van der Waals surface area contributed by atoms with Gasteiger partial charge in [-0.05, 0) is 62.0 Å². The lowest BCUT2D eigenvalue weighted by atomic mass is 9.83. The number of benzene rings is 2. The molecule has 1 saturated heterocycles. The van der Waals surface area contributed by atoms with Crippen molar-refractivity contribution in [3.8, 4) is 5.75 Å². The van der Waals surface area contributed by atoms with Gasteiger partial charge in [0.25, 0.3) is 0 Å². The molecule has 0 aromatic heterocycles. The standard InChI is InChI=1S/C24H22ClF4NO5/c25-17-5-6-18(34-22(33)24(27,28)29)20(26)15(17)11-13(21(31)32)12-19-14-3-1-2-4-16(14)23(35-19)7-9-30-10-8-23/h1-6,13,19,30H,7-12H2,(H,31,32). The number of carboxylic acids is 1. The normalized spacial score (nSPS) is 19.9. The van der Waals surface area contributed by atoms with E-state index in [0.29, 0.717) is 12.8 Å². The summed E-state index contributed by atoms with van der Waals surface area (Å²) in [5, 5.41) is 13.0. The molecule has 1 spiro atoms. The minimum Gasteiger partial charge on any atom is -0.481 e. The van der Waals surface area contributed by atoms with Gasteiger partial charge >= 0.3 is 18.1 Å². The van der Waals surface area contributed by atoms with Gasteiger partial charge in [0.05, 0.1) is 17.6 Å². The molecule has 0 bridgehead atoms. The predicted octanol–water partition coefficient (Wildman–Crippen LogP) is 4.93. The molecule has 188 valence electrons. The fourth-order valence-electron chi connectivity index (χ4n) is 4.76. The Bertz CT molecular complexity index is 1130. The molecule has 2 aromatic rings. The Morgan fingerprint density at radius 1 is 1.20 bits per heavy atom. The molecule has 6 nitrogen and oxygen atoms in total. The highest BCUT2D eigenvalue weighted by molar-refractivity contribution is 6.31. The summed E-state index contributed by atoms with van der Waals surface area (Å²) >= 11 is 6.06. The van der Waals surface area contributed by atoms with Crippen LogP contribution >= 0.6 is 11.6 Å². The van der Waals surface area contributed by atoms with Crippen molar-refractivity contribution >= 4 is 23.5 Å². The highest BCUT2D eigenvalue weighted by atomic mass is 35.5. The fourth-order valence-corrected chi connectivity index (χ4v) is 4.98.